The molecule has 1 aliphatic rings. The van der Waals surface area contributed by atoms with Gasteiger partial charge in [-0.25, -0.2) is 10.8 Å². The Morgan fingerprint density at radius 3 is 2.65 bits per heavy atom. The molecule has 0 amide bonds. The summed E-state index contributed by atoms with van der Waals surface area (Å²) in [6.07, 6.45) is 2.58. The predicted molar refractivity (Wildman–Crippen MR) is 77.4 cm³/mol. The fraction of sp³-hybridized carbons (Fsp3) is 0.214. The smallest absolute Gasteiger partial charge is 0.163 e. The molecule has 1 aromatic carbocycles. The van der Waals surface area contributed by atoms with E-state index in [1.165, 1.54) is 0 Å². The van der Waals surface area contributed by atoms with Gasteiger partial charge in [0.1, 0.15) is 5.82 Å². The standard InChI is InChI=1S/C14H16N4O2/c15-18-14-9-11(4-5-16-14)17-10-2-3-12-13(8-10)20-7-1-6-19-12/h2-5,8-9H,1,6-7,15H2,(H2,16,17,18). The Hall–Kier alpha value is -2.47. The topological polar surface area (TPSA) is 81.4 Å². The fourth-order valence-corrected chi connectivity index (χ4v) is 1.99. The van der Waals surface area contributed by atoms with Crippen LogP contribution in [0.5, 0.6) is 11.5 Å². The second-order valence-electron chi connectivity index (χ2n) is 4.41. The van der Waals surface area contributed by atoms with E-state index in [2.05, 4.69) is 15.7 Å². The molecule has 2 aromatic rings. The van der Waals surface area contributed by atoms with E-state index in [4.69, 9.17) is 15.3 Å². The minimum Gasteiger partial charge on any atom is -0.490 e. The van der Waals surface area contributed by atoms with Gasteiger partial charge in [-0.2, -0.15) is 0 Å². The van der Waals surface area contributed by atoms with Crippen LogP contribution in [0, 0.1) is 0 Å². The molecular weight excluding hydrogens is 256 g/mol. The summed E-state index contributed by atoms with van der Waals surface area (Å²) in [6, 6.07) is 9.47. The van der Waals surface area contributed by atoms with Crippen molar-refractivity contribution in [3.05, 3.63) is 36.5 Å². The first-order chi connectivity index (χ1) is 9.85. The van der Waals surface area contributed by atoms with E-state index >= 15 is 0 Å². The van der Waals surface area contributed by atoms with Gasteiger partial charge in [-0.1, -0.05) is 0 Å². The zero-order valence-electron chi connectivity index (χ0n) is 10.9. The van der Waals surface area contributed by atoms with Gasteiger partial charge in [0, 0.05) is 36.1 Å². The lowest BCUT2D eigenvalue weighted by Gasteiger charge is -2.11. The van der Waals surface area contributed by atoms with Crippen LogP contribution in [-0.4, -0.2) is 18.2 Å². The highest BCUT2D eigenvalue weighted by Gasteiger charge is 2.10. The second kappa shape index (κ2) is 5.66. The Bertz CT molecular complexity index is 603. The SMILES string of the molecule is NNc1cc(Nc2ccc3c(c2)OCCCO3)ccn1. The van der Waals surface area contributed by atoms with Crippen molar-refractivity contribution in [1.82, 2.24) is 4.98 Å². The average Bonchev–Trinajstić information content (AvgIpc) is 2.72. The van der Waals surface area contributed by atoms with Gasteiger partial charge in [0.15, 0.2) is 11.5 Å². The summed E-state index contributed by atoms with van der Waals surface area (Å²) in [5, 5.41) is 3.28. The summed E-state index contributed by atoms with van der Waals surface area (Å²) in [6.45, 7) is 1.36. The number of aromatic nitrogens is 1. The van der Waals surface area contributed by atoms with Crippen LogP contribution in [0.25, 0.3) is 0 Å². The van der Waals surface area contributed by atoms with Gasteiger partial charge in [-0.05, 0) is 18.2 Å². The van der Waals surface area contributed by atoms with Crippen LogP contribution in [-0.2, 0) is 0 Å². The molecular formula is C14H16N4O2. The number of anilines is 3. The maximum atomic E-state index is 5.66. The molecule has 6 nitrogen and oxygen atoms in total. The number of nitrogen functional groups attached to an aromatic ring is 1. The second-order valence-corrected chi connectivity index (χ2v) is 4.41. The zero-order valence-corrected chi connectivity index (χ0v) is 10.9. The van der Waals surface area contributed by atoms with Crippen molar-refractivity contribution < 1.29 is 9.47 Å². The lowest BCUT2D eigenvalue weighted by atomic mass is 10.2. The van der Waals surface area contributed by atoms with Crippen LogP contribution in [0.15, 0.2) is 36.5 Å². The summed E-state index contributed by atoms with van der Waals surface area (Å²) in [4.78, 5) is 4.06. The molecule has 2 heterocycles. The maximum absolute atomic E-state index is 5.66. The maximum Gasteiger partial charge on any atom is 0.163 e. The van der Waals surface area contributed by atoms with Crippen molar-refractivity contribution in [1.29, 1.82) is 0 Å². The summed E-state index contributed by atoms with van der Waals surface area (Å²) < 4.78 is 11.3. The molecule has 0 fully saturated rings. The van der Waals surface area contributed by atoms with Crippen LogP contribution >= 0.6 is 0 Å². The highest BCUT2D eigenvalue weighted by molar-refractivity contribution is 5.65. The van der Waals surface area contributed by atoms with Gasteiger partial charge in [0.05, 0.1) is 13.2 Å². The molecule has 104 valence electrons. The molecule has 0 atom stereocenters. The van der Waals surface area contributed by atoms with Crippen molar-refractivity contribution in [2.24, 2.45) is 5.84 Å². The molecule has 0 saturated heterocycles. The zero-order chi connectivity index (χ0) is 13.8. The fourth-order valence-electron chi connectivity index (χ4n) is 1.99. The number of benzene rings is 1. The normalized spacial score (nSPS) is 13.4. The number of hydrogen-bond donors (Lipinski definition) is 3. The van der Waals surface area contributed by atoms with Crippen LogP contribution in [0.1, 0.15) is 6.42 Å². The summed E-state index contributed by atoms with van der Waals surface area (Å²) in [7, 11) is 0. The van der Waals surface area contributed by atoms with Crippen LogP contribution in [0.2, 0.25) is 0 Å². The molecule has 4 N–H and O–H groups in total. The van der Waals surface area contributed by atoms with Gasteiger partial charge in [0.2, 0.25) is 0 Å². The monoisotopic (exact) mass is 272 g/mol. The summed E-state index contributed by atoms with van der Waals surface area (Å²) in [5.41, 5.74) is 4.33. The van der Waals surface area contributed by atoms with Gasteiger partial charge in [-0.15, -0.1) is 0 Å². The highest BCUT2D eigenvalue weighted by atomic mass is 16.5. The van der Waals surface area contributed by atoms with Crippen molar-refractivity contribution in [2.75, 3.05) is 24.0 Å². The van der Waals surface area contributed by atoms with Gasteiger partial charge >= 0.3 is 0 Å². The Morgan fingerprint density at radius 2 is 1.80 bits per heavy atom. The number of nitrogens with zero attached hydrogens (tertiary/aromatic N) is 1. The number of rotatable bonds is 3. The van der Waals surface area contributed by atoms with E-state index in [1.54, 1.807) is 6.20 Å². The number of hydrazine groups is 1. The molecule has 20 heavy (non-hydrogen) atoms. The summed E-state index contributed by atoms with van der Waals surface area (Å²) >= 11 is 0. The lowest BCUT2D eigenvalue weighted by molar-refractivity contribution is 0.297. The first-order valence-corrected chi connectivity index (χ1v) is 6.44. The molecule has 0 saturated carbocycles. The van der Waals surface area contributed by atoms with Crippen molar-refractivity contribution in [3.8, 4) is 11.5 Å². The van der Waals surface area contributed by atoms with Crippen LogP contribution in [0.4, 0.5) is 17.2 Å². The highest BCUT2D eigenvalue weighted by Crippen LogP contribution is 2.33. The van der Waals surface area contributed by atoms with E-state index in [0.717, 1.165) is 29.3 Å². The third-order valence-corrected chi connectivity index (χ3v) is 2.94. The molecule has 1 aliphatic heterocycles. The van der Waals surface area contributed by atoms with E-state index < -0.39 is 0 Å². The van der Waals surface area contributed by atoms with Gasteiger partial charge < -0.3 is 20.2 Å². The minimum atomic E-state index is 0.601. The largest absolute Gasteiger partial charge is 0.490 e. The Morgan fingerprint density at radius 1 is 1.00 bits per heavy atom. The van der Waals surface area contributed by atoms with Crippen LogP contribution < -0.4 is 26.1 Å². The minimum absolute atomic E-state index is 0.601. The summed E-state index contributed by atoms with van der Waals surface area (Å²) in [5.74, 6) is 7.49. The molecule has 0 radical (unpaired) electrons. The Kier molecular flexibility index (Phi) is 3.56. The van der Waals surface area contributed by atoms with E-state index in [1.807, 2.05) is 30.3 Å². The molecule has 6 heteroatoms. The van der Waals surface area contributed by atoms with Gasteiger partial charge in [-0.3, -0.25) is 0 Å². The van der Waals surface area contributed by atoms with E-state index in [0.29, 0.717) is 19.0 Å². The number of fused-ring (bicyclic) bond motifs is 1. The molecule has 0 aliphatic carbocycles. The Balaban J connectivity index is 1.82. The van der Waals surface area contributed by atoms with E-state index in [-0.39, 0.29) is 0 Å². The number of hydrogen-bond acceptors (Lipinski definition) is 6. The number of pyridine rings is 1. The predicted octanol–water partition coefficient (Wildman–Crippen LogP) is 2.27. The number of ether oxygens (including phenoxy) is 2. The molecule has 0 unspecified atom stereocenters. The number of nitrogens with two attached hydrogens (primary N) is 1. The first kappa shape index (κ1) is 12.6. The average molecular weight is 272 g/mol. The van der Waals surface area contributed by atoms with Gasteiger partial charge in [0.25, 0.3) is 0 Å². The van der Waals surface area contributed by atoms with Crippen molar-refractivity contribution in [2.45, 2.75) is 6.42 Å². The molecule has 0 spiro atoms. The quantitative estimate of drug-likeness (QED) is 0.587. The molecule has 0 bridgehead atoms. The van der Waals surface area contributed by atoms with Crippen LogP contribution in [0.3, 0.4) is 0 Å². The van der Waals surface area contributed by atoms with E-state index in [9.17, 15) is 0 Å². The third kappa shape index (κ3) is 2.75. The van der Waals surface area contributed by atoms with Crippen molar-refractivity contribution in [3.63, 3.8) is 0 Å². The molecule has 1 aromatic heterocycles. The lowest BCUT2D eigenvalue weighted by Crippen LogP contribution is -2.08. The third-order valence-electron chi connectivity index (χ3n) is 2.94. The first-order valence-electron chi connectivity index (χ1n) is 6.44. The Labute approximate surface area is 116 Å². The molecule has 3 rings (SSSR count). The van der Waals surface area contributed by atoms with Crippen molar-refractivity contribution >= 4 is 17.2 Å². The number of nitrogens with one attached hydrogen (secondary N) is 2.